The summed E-state index contributed by atoms with van der Waals surface area (Å²) in [6, 6.07) is 19.9. The highest BCUT2D eigenvalue weighted by atomic mass is 16.5. The first-order valence-corrected chi connectivity index (χ1v) is 8.93. The van der Waals surface area contributed by atoms with Gasteiger partial charge >= 0.3 is 0 Å². The highest BCUT2D eigenvalue weighted by Gasteiger charge is 2.16. The fourth-order valence-corrected chi connectivity index (χ4v) is 2.78. The van der Waals surface area contributed by atoms with E-state index in [0.29, 0.717) is 5.75 Å². The molecule has 0 saturated heterocycles. The van der Waals surface area contributed by atoms with Crippen molar-refractivity contribution < 1.29 is 9.53 Å². The minimum atomic E-state index is -0.0264. The van der Waals surface area contributed by atoms with E-state index < -0.39 is 0 Å². The molecule has 0 spiro atoms. The second-order valence-corrected chi connectivity index (χ2v) is 6.44. The Labute approximate surface area is 154 Å². The van der Waals surface area contributed by atoms with Crippen molar-refractivity contribution in [3.63, 3.8) is 0 Å². The number of nitrogens with zero attached hydrogens (tertiary/aromatic N) is 2. The number of ether oxygens (including phenoxy) is 1. The Bertz CT molecular complexity index is 893. The van der Waals surface area contributed by atoms with Gasteiger partial charge in [0.1, 0.15) is 5.75 Å². The third-order valence-corrected chi connectivity index (χ3v) is 4.74. The molecule has 1 amide bonds. The third-order valence-electron chi connectivity index (χ3n) is 4.74. The summed E-state index contributed by atoms with van der Waals surface area (Å²) in [6.07, 6.45) is 0.915. The lowest BCUT2D eigenvalue weighted by molar-refractivity contribution is -0.133. The predicted molar refractivity (Wildman–Crippen MR) is 105 cm³/mol. The van der Waals surface area contributed by atoms with Gasteiger partial charge in [-0.2, -0.15) is 0 Å². The van der Waals surface area contributed by atoms with Gasteiger partial charge in [0.25, 0.3) is 5.91 Å². The molecule has 2 aromatic carbocycles. The van der Waals surface area contributed by atoms with E-state index in [1.807, 2.05) is 74.6 Å². The maximum absolute atomic E-state index is 12.4. The fourth-order valence-electron chi connectivity index (χ4n) is 2.78. The molecule has 0 bridgehead atoms. The van der Waals surface area contributed by atoms with Gasteiger partial charge in [0.2, 0.25) is 0 Å². The molecule has 0 N–H and O–H groups in total. The summed E-state index contributed by atoms with van der Waals surface area (Å²) in [6.45, 7) is 4.12. The number of rotatable bonds is 6. The van der Waals surface area contributed by atoms with Crippen LogP contribution in [0.1, 0.15) is 20.3 Å². The zero-order valence-corrected chi connectivity index (χ0v) is 15.5. The SMILES string of the molecule is CCC(C)N(C)C(=O)COc1cc(-c2ccccc2)nc2ccccc12. The van der Waals surface area contributed by atoms with Crippen LogP contribution in [0.4, 0.5) is 0 Å². The minimum Gasteiger partial charge on any atom is -0.483 e. The normalized spacial score (nSPS) is 12.0. The lowest BCUT2D eigenvalue weighted by Gasteiger charge is -2.24. The Kier molecular flexibility index (Phi) is 5.52. The van der Waals surface area contributed by atoms with E-state index >= 15 is 0 Å². The highest BCUT2D eigenvalue weighted by molar-refractivity contribution is 5.88. The maximum atomic E-state index is 12.4. The monoisotopic (exact) mass is 348 g/mol. The molecule has 1 aromatic heterocycles. The molecule has 0 aliphatic carbocycles. The van der Waals surface area contributed by atoms with Crippen LogP contribution in [-0.2, 0) is 4.79 Å². The molecule has 3 rings (SSSR count). The number of pyridine rings is 1. The van der Waals surface area contributed by atoms with Crippen LogP contribution in [0.25, 0.3) is 22.2 Å². The van der Waals surface area contributed by atoms with Gasteiger partial charge in [-0.3, -0.25) is 4.79 Å². The number of benzene rings is 2. The number of carbonyl (C=O) groups excluding carboxylic acids is 1. The van der Waals surface area contributed by atoms with Crippen LogP contribution < -0.4 is 4.74 Å². The molecular weight excluding hydrogens is 324 g/mol. The molecule has 1 atom stereocenters. The fraction of sp³-hybridized carbons (Fsp3) is 0.273. The number of carbonyl (C=O) groups is 1. The number of hydrogen-bond acceptors (Lipinski definition) is 3. The maximum Gasteiger partial charge on any atom is 0.260 e. The summed E-state index contributed by atoms with van der Waals surface area (Å²) in [5.41, 5.74) is 2.71. The molecule has 26 heavy (non-hydrogen) atoms. The molecule has 1 unspecified atom stereocenters. The van der Waals surface area contributed by atoms with E-state index in [-0.39, 0.29) is 18.6 Å². The topological polar surface area (TPSA) is 42.4 Å². The van der Waals surface area contributed by atoms with Gasteiger partial charge in [0, 0.05) is 30.1 Å². The Hall–Kier alpha value is -2.88. The van der Waals surface area contributed by atoms with Crippen molar-refractivity contribution in [1.82, 2.24) is 9.88 Å². The number of likely N-dealkylation sites (N-methyl/N-ethyl adjacent to an activating group) is 1. The van der Waals surface area contributed by atoms with Gasteiger partial charge in [0.15, 0.2) is 6.61 Å². The average molecular weight is 348 g/mol. The van der Waals surface area contributed by atoms with Crippen LogP contribution in [0.3, 0.4) is 0 Å². The van der Waals surface area contributed by atoms with E-state index in [4.69, 9.17) is 9.72 Å². The van der Waals surface area contributed by atoms with Gasteiger partial charge in [-0.15, -0.1) is 0 Å². The van der Waals surface area contributed by atoms with Crippen LogP contribution in [0.5, 0.6) is 5.75 Å². The van der Waals surface area contributed by atoms with Gasteiger partial charge in [-0.1, -0.05) is 49.4 Å². The molecule has 0 radical (unpaired) electrons. The van der Waals surface area contributed by atoms with E-state index in [1.165, 1.54) is 0 Å². The van der Waals surface area contributed by atoms with Gasteiger partial charge in [0.05, 0.1) is 11.2 Å². The summed E-state index contributed by atoms with van der Waals surface area (Å²) < 4.78 is 5.93. The van der Waals surface area contributed by atoms with E-state index in [2.05, 4.69) is 6.92 Å². The molecule has 134 valence electrons. The second kappa shape index (κ2) is 8.00. The summed E-state index contributed by atoms with van der Waals surface area (Å²) in [5.74, 6) is 0.654. The largest absolute Gasteiger partial charge is 0.483 e. The number of hydrogen-bond donors (Lipinski definition) is 0. The van der Waals surface area contributed by atoms with Gasteiger partial charge < -0.3 is 9.64 Å². The predicted octanol–water partition coefficient (Wildman–Crippen LogP) is 4.54. The van der Waals surface area contributed by atoms with Crippen LogP contribution >= 0.6 is 0 Å². The standard InChI is InChI=1S/C22H24N2O2/c1-4-16(2)24(3)22(25)15-26-21-14-20(17-10-6-5-7-11-17)23-19-13-9-8-12-18(19)21/h5-14,16H,4,15H2,1-3H3. The van der Waals surface area contributed by atoms with Crippen LogP contribution in [0.2, 0.25) is 0 Å². The zero-order valence-electron chi connectivity index (χ0n) is 15.5. The molecule has 0 fully saturated rings. The molecule has 1 heterocycles. The first-order valence-electron chi connectivity index (χ1n) is 8.93. The van der Waals surface area contributed by atoms with Gasteiger partial charge in [-0.25, -0.2) is 4.98 Å². The zero-order chi connectivity index (χ0) is 18.5. The van der Waals surface area contributed by atoms with Crippen LogP contribution in [0, 0.1) is 0 Å². The summed E-state index contributed by atoms with van der Waals surface area (Å²) in [4.78, 5) is 18.9. The highest BCUT2D eigenvalue weighted by Crippen LogP contribution is 2.30. The van der Waals surface area contributed by atoms with Crippen molar-refractivity contribution in [3.8, 4) is 17.0 Å². The van der Waals surface area contributed by atoms with Crippen LogP contribution in [0.15, 0.2) is 60.7 Å². The molecule has 0 aliphatic rings. The van der Waals surface area contributed by atoms with Crippen molar-refractivity contribution in [2.45, 2.75) is 26.3 Å². The summed E-state index contributed by atoms with van der Waals surface area (Å²) in [5, 5.41) is 0.908. The quantitative estimate of drug-likeness (QED) is 0.657. The Morgan fingerprint density at radius 1 is 1.12 bits per heavy atom. The average Bonchev–Trinajstić information content (AvgIpc) is 2.70. The smallest absolute Gasteiger partial charge is 0.260 e. The minimum absolute atomic E-state index is 0.0169. The molecule has 4 nitrogen and oxygen atoms in total. The van der Waals surface area contributed by atoms with Crippen molar-refractivity contribution >= 4 is 16.8 Å². The number of fused-ring (bicyclic) bond motifs is 1. The number of para-hydroxylation sites is 1. The van der Waals surface area contributed by atoms with E-state index in [0.717, 1.165) is 28.6 Å². The van der Waals surface area contributed by atoms with Crippen molar-refractivity contribution in [2.75, 3.05) is 13.7 Å². The van der Waals surface area contributed by atoms with Crippen molar-refractivity contribution in [1.29, 1.82) is 0 Å². The Morgan fingerprint density at radius 2 is 1.81 bits per heavy atom. The third kappa shape index (κ3) is 3.85. The number of amides is 1. The molecule has 4 heteroatoms. The first-order chi connectivity index (χ1) is 12.6. The van der Waals surface area contributed by atoms with Crippen LogP contribution in [-0.4, -0.2) is 35.5 Å². The van der Waals surface area contributed by atoms with E-state index in [1.54, 1.807) is 4.90 Å². The molecule has 3 aromatic rings. The van der Waals surface area contributed by atoms with E-state index in [9.17, 15) is 4.79 Å². The Morgan fingerprint density at radius 3 is 2.54 bits per heavy atom. The lowest BCUT2D eigenvalue weighted by atomic mass is 10.1. The molecule has 0 aliphatic heterocycles. The van der Waals surface area contributed by atoms with Crippen molar-refractivity contribution in [3.05, 3.63) is 60.7 Å². The first kappa shape index (κ1) is 17.9. The number of aromatic nitrogens is 1. The molecular formula is C22H24N2O2. The second-order valence-electron chi connectivity index (χ2n) is 6.44. The summed E-state index contributed by atoms with van der Waals surface area (Å²) >= 11 is 0. The lowest BCUT2D eigenvalue weighted by Crippen LogP contribution is -2.37. The summed E-state index contributed by atoms with van der Waals surface area (Å²) in [7, 11) is 1.82. The van der Waals surface area contributed by atoms with Crippen molar-refractivity contribution in [2.24, 2.45) is 0 Å². The van der Waals surface area contributed by atoms with Gasteiger partial charge in [-0.05, 0) is 25.5 Å². The Balaban J connectivity index is 1.91. The molecule has 0 saturated carbocycles.